The molecular formula is C27H25N3O4S2. The zero-order valence-electron chi connectivity index (χ0n) is 19.5. The Balaban J connectivity index is 1.22. The van der Waals surface area contributed by atoms with Crippen LogP contribution in [0, 0.1) is 0 Å². The summed E-state index contributed by atoms with van der Waals surface area (Å²) in [6.45, 7) is 1.08. The molecule has 5 rings (SSSR count). The van der Waals surface area contributed by atoms with Crippen LogP contribution in [0.3, 0.4) is 0 Å². The van der Waals surface area contributed by atoms with E-state index in [1.54, 1.807) is 0 Å². The topological polar surface area (TPSA) is 88.6 Å². The number of thiazole rings is 1. The maximum atomic E-state index is 12.8. The normalized spacial score (nSPS) is 14.3. The van der Waals surface area contributed by atoms with Crippen LogP contribution in [0.25, 0.3) is 11.3 Å². The summed E-state index contributed by atoms with van der Waals surface area (Å²) in [5.74, 6) is 1.14. The molecule has 0 atom stereocenters. The van der Waals surface area contributed by atoms with Gasteiger partial charge in [0.15, 0.2) is 5.13 Å². The Morgan fingerprint density at radius 2 is 1.53 bits per heavy atom. The van der Waals surface area contributed by atoms with Gasteiger partial charge in [-0.25, -0.2) is 13.4 Å². The molecular weight excluding hydrogens is 494 g/mol. The van der Waals surface area contributed by atoms with Gasteiger partial charge in [-0.3, -0.25) is 10.1 Å². The minimum atomic E-state index is -3.53. The van der Waals surface area contributed by atoms with Crippen LogP contribution in [0.5, 0.6) is 11.5 Å². The lowest BCUT2D eigenvalue weighted by molar-refractivity contribution is 0.102. The van der Waals surface area contributed by atoms with Gasteiger partial charge in [-0.2, -0.15) is 4.31 Å². The fourth-order valence-electron chi connectivity index (χ4n) is 3.98. The molecule has 1 saturated heterocycles. The number of nitrogens with one attached hydrogen (secondary N) is 1. The van der Waals surface area contributed by atoms with Crippen molar-refractivity contribution >= 4 is 32.4 Å². The van der Waals surface area contributed by atoms with Crippen molar-refractivity contribution in [1.29, 1.82) is 0 Å². The molecule has 36 heavy (non-hydrogen) atoms. The van der Waals surface area contributed by atoms with E-state index >= 15 is 0 Å². The molecule has 1 aliphatic heterocycles. The second-order valence-corrected chi connectivity index (χ2v) is 11.2. The Morgan fingerprint density at radius 3 is 2.22 bits per heavy atom. The molecule has 0 saturated carbocycles. The van der Waals surface area contributed by atoms with Gasteiger partial charge in [0.1, 0.15) is 11.5 Å². The van der Waals surface area contributed by atoms with Crippen LogP contribution >= 0.6 is 11.3 Å². The van der Waals surface area contributed by atoms with Gasteiger partial charge in [0.25, 0.3) is 5.91 Å². The third-order valence-corrected chi connectivity index (χ3v) is 8.59. The first-order valence-electron chi connectivity index (χ1n) is 11.7. The molecule has 1 aliphatic rings. The number of carbonyl (C=O) groups excluding carboxylic acids is 1. The van der Waals surface area contributed by atoms with Crippen LogP contribution in [0.2, 0.25) is 0 Å². The van der Waals surface area contributed by atoms with E-state index in [4.69, 9.17) is 4.74 Å². The number of anilines is 1. The third-order valence-electron chi connectivity index (χ3n) is 5.92. The van der Waals surface area contributed by atoms with E-state index in [0.717, 1.165) is 42.0 Å². The highest BCUT2D eigenvalue weighted by Gasteiger charge is 2.26. The molecule has 0 aliphatic carbocycles. The predicted molar refractivity (Wildman–Crippen MR) is 141 cm³/mol. The van der Waals surface area contributed by atoms with Crippen LogP contribution in [-0.4, -0.2) is 36.7 Å². The molecule has 3 aromatic carbocycles. The Kier molecular flexibility index (Phi) is 7.13. The zero-order chi connectivity index (χ0) is 25.0. The van der Waals surface area contributed by atoms with Crippen molar-refractivity contribution in [2.75, 3.05) is 18.4 Å². The molecule has 1 aromatic heterocycles. The van der Waals surface area contributed by atoms with E-state index in [1.165, 1.54) is 39.9 Å². The van der Waals surface area contributed by atoms with E-state index in [-0.39, 0.29) is 10.8 Å². The Labute approximate surface area is 214 Å². The van der Waals surface area contributed by atoms with Crippen molar-refractivity contribution in [3.63, 3.8) is 0 Å². The van der Waals surface area contributed by atoms with Gasteiger partial charge in [0, 0.05) is 29.6 Å². The van der Waals surface area contributed by atoms with Crippen molar-refractivity contribution < 1.29 is 17.9 Å². The van der Waals surface area contributed by atoms with Crippen LogP contribution in [-0.2, 0) is 10.0 Å². The minimum absolute atomic E-state index is 0.206. The molecule has 9 heteroatoms. The van der Waals surface area contributed by atoms with Gasteiger partial charge in [-0.1, -0.05) is 24.6 Å². The average molecular weight is 520 g/mol. The molecule has 0 radical (unpaired) electrons. The second-order valence-electron chi connectivity index (χ2n) is 8.42. The lowest BCUT2D eigenvalue weighted by atomic mass is 10.2. The lowest BCUT2D eigenvalue weighted by Gasteiger charge is -2.25. The number of para-hydroxylation sites is 1. The Bertz CT molecular complexity index is 1430. The highest BCUT2D eigenvalue weighted by Crippen LogP contribution is 2.29. The van der Waals surface area contributed by atoms with Crippen molar-refractivity contribution in [3.05, 3.63) is 89.8 Å². The van der Waals surface area contributed by atoms with E-state index < -0.39 is 10.0 Å². The first-order valence-corrected chi connectivity index (χ1v) is 14.0. The van der Waals surface area contributed by atoms with Gasteiger partial charge >= 0.3 is 0 Å². The molecule has 184 valence electrons. The van der Waals surface area contributed by atoms with Crippen molar-refractivity contribution in [1.82, 2.24) is 9.29 Å². The van der Waals surface area contributed by atoms with Crippen LogP contribution in [0.1, 0.15) is 29.6 Å². The summed E-state index contributed by atoms with van der Waals surface area (Å²) in [5.41, 5.74) is 2.01. The summed E-state index contributed by atoms with van der Waals surface area (Å²) >= 11 is 1.32. The second kappa shape index (κ2) is 10.6. The average Bonchev–Trinajstić information content (AvgIpc) is 3.39. The largest absolute Gasteiger partial charge is 0.457 e. The maximum Gasteiger partial charge on any atom is 0.257 e. The zero-order valence-corrected chi connectivity index (χ0v) is 21.1. The van der Waals surface area contributed by atoms with Gasteiger partial charge in [0.05, 0.1) is 10.6 Å². The Hall–Kier alpha value is -3.53. The smallest absolute Gasteiger partial charge is 0.257 e. The number of nitrogens with zero attached hydrogens (tertiary/aromatic N) is 2. The number of hydrogen-bond donors (Lipinski definition) is 1. The lowest BCUT2D eigenvalue weighted by Crippen LogP contribution is -2.35. The van der Waals surface area contributed by atoms with E-state index in [1.807, 2.05) is 60.0 Å². The summed E-state index contributed by atoms with van der Waals surface area (Å²) in [5, 5.41) is 5.13. The number of hydrogen-bond acceptors (Lipinski definition) is 6. The van der Waals surface area contributed by atoms with Crippen molar-refractivity contribution in [2.45, 2.75) is 24.2 Å². The maximum absolute atomic E-state index is 12.8. The summed E-state index contributed by atoms with van der Waals surface area (Å²) in [4.78, 5) is 17.4. The monoisotopic (exact) mass is 519 g/mol. The Morgan fingerprint density at radius 1 is 0.861 bits per heavy atom. The number of sulfonamides is 1. The molecule has 7 nitrogen and oxygen atoms in total. The van der Waals surface area contributed by atoms with E-state index in [9.17, 15) is 13.2 Å². The number of benzene rings is 3. The molecule has 4 aromatic rings. The SMILES string of the molecule is O=C(Nc1nc(-c2ccc(Oc3ccccc3)cc2)cs1)c1ccc(S(=O)(=O)N2CCCCC2)cc1. The van der Waals surface area contributed by atoms with Crippen molar-refractivity contribution in [3.8, 4) is 22.8 Å². The van der Waals surface area contributed by atoms with E-state index in [0.29, 0.717) is 23.8 Å². The molecule has 1 amide bonds. The summed E-state index contributed by atoms with van der Waals surface area (Å²) < 4.78 is 33.0. The van der Waals surface area contributed by atoms with Crippen LogP contribution in [0.4, 0.5) is 5.13 Å². The first-order chi connectivity index (χ1) is 17.5. The molecule has 0 bridgehead atoms. The van der Waals surface area contributed by atoms with Gasteiger partial charge in [0.2, 0.25) is 10.0 Å². The number of ether oxygens (including phenoxy) is 1. The molecule has 0 unspecified atom stereocenters. The van der Waals surface area contributed by atoms with E-state index in [2.05, 4.69) is 10.3 Å². The molecule has 0 spiro atoms. The van der Waals surface area contributed by atoms with Gasteiger partial charge in [-0.05, 0) is 73.5 Å². The first kappa shape index (κ1) is 24.2. The minimum Gasteiger partial charge on any atom is -0.457 e. The molecule has 1 N–H and O–H groups in total. The predicted octanol–water partition coefficient (Wildman–Crippen LogP) is 6.03. The number of piperidine rings is 1. The molecule has 1 fully saturated rings. The number of aromatic nitrogens is 1. The van der Waals surface area contributed by atoms with Gasteiger partial charge < -0.3 is 4.74 Å². The van der Waals surface area contributed by atoms with Crippen molar-refractivity contribution in [2.24, 2.45) is 0 Å². The number of amides is 1. The summed E-state index contributed by atoms with van der Waals surface area (Å²) in [6, 6.07) is 23.2. The fraction of sp³-hybridized carbons (Fsp3) is 0.185. The number of rotatable bonds is 7. The summed E-state index contributed by atoms with van der Waals surface area (Å²) in [6.07, 6.45) is 2.81. The highest BCUT2D eigenvalue weighted by atomic mass is 32.2. The van der Waals surface area contributed by atoms with Gasteiger partial charge in [-0.15, -0.1) is 11.3 Å². The summed E-state index contributed by atoms with van der Waals surface area (Å²) in [7, 11) is -3.53. The third kappa shape index (κ3) is 5.48. The van der Waals surface area contributed by atoms with Crippen LogP contribution < -0.4 is 10.1 Å². The standard InChI is InChI=1S/C27H25N3O4S2/c31-26(21-11-15-24(16-12-21)36(32,33)30-17-5-2-6-18-30)29-27-28-25(19-35-27)20-9-13-23(14-10-20)34-22-7-3-1-4-8-22/h1,3-4,7-16,19H,2,5-6,17-18H2,(H,28,29,31). The fourth-order valence-corrected chi connectivity index (χ4v) is 6.22. The number of carbonyl (C=O) groups is 1. The highest BCUT2D eigenvalue weighted by molar-refractivity contribution is 7.89. The molecule has 2 heterocycles. The van der Waals surface area contributed by atoms with Crippen LogP contribution in [0.15, 0.2) is 89.1 Å². The quantitative estimate of drug-likeness (QED) is 0.322.